The lowest BCUT2D eigenvalue weighted by atomic mass is 10.3. The summed E-state index contributed by atoms with van der Waals surface area (Å²) in [6.45, 7) is 0. The van der Waals surface area contributed by atoms with Crippen LogP contribution < -0.4 is 0 Å². The predicted molar refractivity (Wildman–Crippen MR) is 61.2 cm³/mol. The molecule has 0 amide bonds. The maximum atomic E-state index is 11.2. The van der Waals surface area contributed by atoms with Gasteiger partial charge in [0, 0.05) is 18.6 Å². The van der Waals surface area contributed by atoms with Gasteiger partial charge >= 0.3 is 0 Å². The Morgan fingerprint density at radius 2 is 2.29 bits per heavy atom. The van der Waals surface area contributed by atoms with Crippen molar-refractivity contribution >= 4 is 27.9 Å². The van der Waals surface area contributed by atoms with Crippen LogP contribution in [0.2, 0.25) is 0 Å². The fraction of sp³-hybridized carbons (Fsp3) is 0. The molecule has 3 aromatic rings. The van der Waals surface area contributed by atoms with Crippen molar-refractivity contribution in [1.82, 2.24) is 24.7 Å². The normalized spacial score (nSPS) is 10.9. The average Bonchev–Trinajstić information content (AvgIpc) is 2.97. The number of hydrogen-bond donors (Lipinski definition) is 1. The summed E-state index contributed by atoms with van der Waals surface area (Å²) in [5.74, 6) is 0.573. The van der Waals surface area contributed by atoms with Crippen molar-refractivity contribution in [3.8, 4) is 5.82 Å². The average molecular weight is 248 g/mol. The number of H-pyrrole nitrogens is 1. The first-order chi connectivity index (χ1) is 8.27. The van der Waals surface area contributed by atoms with Crippen LogP contribution in [0.4, 0.5) is 0 Å². The van der Waals surface area contributed by atoms with Gasteiger partial charge in [0.15, 0.2) is 5.82 Å². The van der Waals surface area contributed by atoms with Gasteiger partial charge in [-0.3, -0.25) is 4.79 Å². The molecule has 0 fully saturated rings. The summed E-state index contributed by atoms with van der Waals surface area (Å²) < 4.78 is 1.59. The van der Waals surface area contributed by atoms with Crippen LogP contribution in [-0.2, 0) is 0 Å². The molecular formula is C10H6ClN5O. The zero-order valence-electron chi connectivity index (χ0n) is 8.46. The van der Waals surface area contributed by atoms with Crippen LogP contribution in [-0.4, -0.2) is 30.0 Å². The third-order valence-corrected chi connectivity index (χ3v) is 2.58. The highest BCUT2D eigenvalue weighted by molar-refractivity contribution is 6.68. The molecule has 84 valence electrons. The van der Waals surface area contributed by atoms with Crippen LogP contribution in [0, 0.1) is 0 Å². The molecule has 0 spiro atoms. The van der Waals surface area contributed by atoms with E-state index < -0.39 is 5.24 Å². The quantitative estimate of drug-likeness (QED) is 0.697. The molecule has 3 aromatic heterocycles. The van der Waals surface area contributed by atoms with Crippen molar-refractivity contribution in [1.29, 1.82) is 0 Å². The summed E-state index contributed by atoms with van der Waals surface area (Å²) in [6, 6.07) is 1.78. The number of carbonyl (C=O) groups excluding carboxylic acids is 1. The van der Waals surface area contributed by atoms with Crippen LogP contribution in [0.1, 0.15) is 10.4 Å². The minimum atomic E-state index is -0.554. The van der Waals surface area contributed by atoms with Gasteiger partial charge in [-0.25, -0.2) is 14.6 Å². The topological polar surface area (TPSA) is 76.5 Å². The molecule has 0 atom stereocenters. The molecule has 0 aromatic carbocycles. The van der Waals surface area contributed by atoms with Crippen LogP contribution in [0.15, 0.2) is 31.0 Å². The van der Waals surface area contributed by atoms with Crippen molar-refractivity contribution < 1.29 is 4.79 Å². The molecule has 1 N–H and O–H groups in total. The number of rotatable bonds is 2. The minimum Gasteiger partial charge on any atom is -0.356 e. The molecule has 3 heterocycles. The first kappa shape index (κ1) is 9.98. The van der Waals surface area contributed by atoms with Crippen molar-refractivity contribution in [3.05, 3.63) is 36.5 Å². The Kier molecular flexibility index (Phi) is 2.15. The highest BCUT2D eigenvalue weighted by atomic mass is 35.5. The highest BCUT2D eigenvalue weighted by Crippen LogP contribution is 2.21. The van der Waals surface area contributed by atoms with Gasteiger partial charge in [0.2, 0.25) is 0 Å². The van der Waals surface area contributed by atoms with E-state index in [0.29, 0.717) is 22.4 Å². The fourth-order valence-corrected chi connectivity index (χ4v) is 1.79. The third kappa shape index (κ3) is 1.50. The zero-order valence-corrected chi connectivity index (χ0v) is 9.22. The lowest BCUT2D eigenvalue weighted by Crippen LogP contribution is -2.00. The molecule has 6 nitrogen and oxygen atoms in total. The van der Waals surface area contributed by atoms with Crippen LogP contribution in [0.5, 0.6) is 0 Å². The van der Waals surface area contributed by atoms with Crippen molar-refractivity contribution in [3.63, 3.8) is 0 Å². The third-order valence-electron chi connectivity index (χ3n) is 2.38. The van der Waals surface area contributed by atoms with Crippen molar-refractivity contribution in [2.24, 2.45) is 0 Å². The van der Waals surface area contributed by atoms with E-state index in [1.165, 1.54) is 12.5 Å². The summed E-state index contributed by atoms with van der Waals surface area (Å²) >= 11 is 5.46. The maximum Gasteiger partial charge on any atom is 0.256 e. The Hall–Kier alpha value is -2.21. The Morgan fingerprint density at radius 3 is 3.00 bits per heavy atom. The Morgan fingerprint density at radius 1 is 1.41 bits per heavy atom. The smallest absolute Gasteiger partial charge is 0.256 e. The van der Waals surface area contributed by atoms with Gasteiger partial charge in [-0.1, -0.05) is 0 Å². The Labute approximate surface area is 100 Å². The Balaban J connectivity index is 2.32. The summed E-state index contributed by atoms with van der Waals surface area (Å²) in [6.07, 6.45) is 6.29. The molecule has 0 bridgehead atoms. The second-order valence-corrected chi connectivity index (χ2v) is 3.69. The van der Waals surface area contributed by atoms with Gasteiger partial charge in [0.1, 0.15) is 17.4 Å². The number of nitrogens with one attached hydrogen (secondary N) is 1. The van der Waals surface area contributed by atoms with Gasteiger partial charge in [0.05, 0.1) is 5.56 Å². The van der Waals surface area contributed by atoms with E-state index >= 15 is 0 Å². The minimum absolute atomic E-state index is 0.331. The molecule has 0 unspecified atom stereocenters. The number of halogens is 1. The fourth-order valence-electron chi connectivity index (χ4n) is 1.64. The molecule has 0 radical (unpaired) electrons. The summed E-state index contributed by atoms with van der Waals surface area (Å²) in [4.78, 5) is 22.3. The maximum absolute atomic E-state index is 11.2. The molecule has 0 aliphatic heterocycles. The van der Waals surface area contributed by atoms with Gasteiger partial charge in [-0.2, -0.15) is 5.10 Å². The Bertz CT molecular complexity index is 688. The van der Waals surface area contributed by atoms with Crippen LogP contribution >= 0.6 is 11.6 Å². The number of aromatic nitrogens is 5. The summed E-state index contributed by atoms with van der Waals surface area (Å²) in [5.41, 5.74) is 1.45. The number of fused-ring (bicyclic) bond motifs is 1. The highest BCUT2D eigenvalue weighted by Gasteiger charge is 2.15. The van der Waals surface area contributed by atoms with Crippen LogP contribution in [0.25, 0.3) is 16.9 Å². The van der Waals surface area contributed by atoms with Crippen LogP contribution in [0.3, 0.4) is 0 Å². The van der Waals surface area contributed by atoms with E-state index in [9.17, 15) is 4.79 Å². The van der Waals surface area contributed by atoms with Crippen molar-refractivity contribution in [2.45, 2.75) is 0 Å². The van der Waals surface area contributed by atoms with Gasteiger partial charge in [0.25, 0.3) is 5.24 Å². The second kappa shape index (κ2) is 3.67. The predicted octanol–water partition coefficient (Wildman–Crippen LogP) is 1.52. The molecule has 0 saturated carbocycles. The molecule has 0 aliphatic rings. The SMILES string of the molecule is O=C(Cl)c1c[nH]c2c(-n3cccn3)ncnc12. The number of aromatic amines is 1. The molecule has 3 rings (SSSR count). The van der Waals surface area contributed by atoms with Gasteiger partial charge in [-0.05, 0) is 17.7 Å². The van der Waals surface area contributed by atoms with E-state index in [2.05, 4.69) is 20.1 Å². The molecule has 17 heavy (non-hydrogen) atoms. The van der Waals surface area contributed by atoms with E-state index in [1.54, 1.807) is 23.1 Å². The number of carbonyl (C=O) groups is 1. The number of hydrogen-bond acceptors (Lipinski definition) is 4. The largest absolute Gasteiger partial charge is 0.356 e. The van der Waals surface area contributed by atoms with Crippen molar-refractivity contribution in [2.75, 3.05) is 0 Å². The molecule has 0 saturated heterocycles. The van der Waals surface area contributed by atoms with E-state index in [1.807, 2.05) is 0 Å². The van der Waals surface area contributed by atoms with E-state index in [0.717, 1.165) is 0 Å². The van der Waals surface area contributed by atoms with E-state index in [-0.39, 0.29) is 0 Å². The lowest BCUT2D eigenvalue weighted by Gasteiger charge is -2.00. The summed E-state index contributed by atoms with van der Waals surface area (Å²) in [5, 5.41) is 3.52. The number of nitrogens with zero attached hydrogens (tertiary/aromatic N) is 4. The first-order valence-corrected chi connectivity index (χ1v) is 5.17. The molecular weight excluding hydrogens is 242 g/mol. The second-order valence-electron chi connectivity index (χ2n) is 3.35. The first-order valence-electron chi connectivity index (χ1n) is 4.79. The zero-order chi connectivity index (χ0) is 11.8. The lowest BCUT2D eigenvalue weighted by molar-refractivity contribution is 0.108. The summed E-state index contributed by atoms with van der Waals surface area (Å²) in [7, 11) is 0. The molecule has 0 aliphatic carbocycles. The molecule has 7 heteroatoms. The van der Waals surface area contributed by atoms with E-state index in [4.69, 9.17) is 11.6 Å². The van der Waals surface area contributed by atoms with Gasteiger partial charge in [-0.15, -0.1) is 0 Å². The monoisotopic (exact) mass is 247 g/mol. The standard InChI is InChI=1S/C10H6ClN5O/c11-9(17)6-4-12-8-7(6)13-5-14-10(8)16-3-1-2-15-16/h1-5,12H. The van der Waals surface area contributed by atoms with Gasteiger partial charge < -0.3 is 4.98 Å².